The predicted octanol–water partition coefficient (Wildman–Crippen LogP) is 3.45. The first-order valence-corrected chi connectivity index (χ1v) is 10.2. The Morgan fingerprint density at radius 2 is 2.12 bits per heavy atom. The Labute approximate surface area is 156 Å². The number of hydrogen-bond acceptors (Lipinski definition) is 5. The number of hydrogen-bond donors (Lipinski definition) is 1. The van der Waals surface area contributed by atoms with Crippen molar-refractivity contribution in [3.8, 4) is 5.75 Å². The molecule has 0 aliphatic carbocycles. The van der Waals surface area contributed by atoms with E-state index in [0.29, 0.717) is 27.1 Å². The van der Waals surface area contributed by atoms with Gasteiger partial charge in [-0.25, -0.2) is 12.7 Å². The summed E-state index contributed by atoms with van der Waals surface area (Å²) >= 11 is 7.09. The second-order valence-corrected chi connectivity index (χ2v) is 8.91. The summed E-state index contributed by atoms with van der Waals surface area (Å²) in [5.74, 6) is 0.276. The van der Waals surface area contributed by atoms with E-state index in [9.17, 15) is 13.2 Å². The Kier molecular flexibility index (Phi) is 6.83. The molecule has 0 saturated carbocycles. The molecule has 0 atom stereocenters. The SMILES string of the molecule is COc1ccc(Cl)cc1NC(=O)CCCN(C)S(=O)(=O)c1cccs1. The largest absolute Gasteiger partial charge is 0.495 e. The second kappa shape index (κ2) is 8.66. The molecule has 1 aromatic carbocycles. The summed E-state index contributed by atoms with van der Waals surface area (Å²) in [6, 6.07) is 8.19. The van der Waals surface area contributed by atoms with Gasteiger partial charge >= 0.3 is 0 Å². The topological polar surface area (TPSA) is 75.7 Å². The van der Waals surface area contributed by atoms with Crippen LogP contribution in [0.3, 0.4) is 0 Å². The molecule has 9 heteroatoms. The van der Waals surface area contributed by atoms with Gasteiger partial charge < -0.3 is 10.1 Å². The molecule has 1 N–H and O–H groups in total. The number of nitrogens with zero attached hydrogens (tertiary/aromatic N) is 1. The molecule has 2 aromatic rings. The van der Waals surface area contributed by atoms with Crippen LogP contribution in [-0.4, -0.2) is 39.3 Å². The summed E-state index contributed by atoms with van der Waals surface area (Å²) in [7, 11) is -0.476. The van der Waals surface area contributed by atoms with Gasteiger partial charge in [0, 0.05) is 25.0 Å². The fraction of sp³-hybridized carbons (Fsp3) is 0.312. The van der Waals surface area contributed by atoms with Crippen LogP contribution in [-0.2, 0) is 14.8 Å². The average molecular weight is 403 g/mol. The second-order valence-electron chi connectivity index (χ2n) is 5.25. The van der Waals surface area contributed by atoms with Crippen LogP contribution in [0.4, 0.5) is 5.69 Å². The number of anilines is 1. The van der Waals surface area contributed by atoms with E-state index in [4.69, 9.17) is 16.3 Å². The number of rotatable bonds is 8. The number of carbonyl (C=O) groups is 1. The van der Waals surface area contributed by atoms with E-state index in [0.717, 1.165) is 0 Å². The molecule has 1 heterocycles. The number of carbonyl (C=O) groups excluding carboxylic acids is 1. The molecule has 0 aliphatic heterocycles. The van der Waals surface area contributed by atoms with E-state index in [1.165, 1.54) is 29.8 Å². The number of amides is 1. The van der Waals surface area contributed by atoms with E-state index in [1.54, 1.807) is 35.7 Å². The number of halogens is 1. The van der Waals surface area contributed by atoms with Crippen molar-refractivity contribution < 1.29 is 17.9 Å². The van der Waals surface area contributed by atoms with Crippen LogP contribution < -0.4 is 10.1 Å². The standard InChI is InChI=1S/C16H19ClN2O4S2/c1-19(25(21,22)16-6-4-10-24-16)9-3-5-15(20)18-13-11-12(17)7-8-14(13)23-2/h4,6-8,10-11H,3,5,9H2,1-2H3,(H,18,20). The lowest BCUT2D eigenvalue weighted by Gasteiger charge is -2.16. The lowest BCUT2D eigenvalue weighted by Crippen LogP contribution is -2.28. The summed E-state index contributed by atoms with van der Waals surface area (Å²) in [4.78, 5) is 12.1. The number of benzene rings is 1. The van der Waals surface area contributed by atoms with E-state index < -0.39 is 10.0 Å². The van der Waals surface area contributed by atoms with Crippen molar-refractivity contribution in [2.75, 3.05) is 26.0 Å². The van der Waals surface area contributed by atoms with Crippen LogP contribution in [0, 0.1) is 0 Å². The highest BCUT2D eigenvalue weighted by Crippen LogP contribution is 2.27. The van der Waals surface area contributed by atoms with Crippen molar-refractivity contribution >= 4 is 44.6 Å². The summed E-state index contributed by atoms with van der Waals surface area (Å²) in [6.45, 7) is 0.250. The van der Waals surface area contributed by atoms with Gasteiger partial charge in [-0.3, -0.25) is 4.79 Å². The quantitative estimate of drug-likeness (QED) is 0.733. The van der Waals surface area contributed by atoms with Gasteiger partial charge in [-0.1, -0.05) is 17.7 Å². The third kappa shape index (κ3) is 5.18. The lowest BCUT2D eigenvalue weighted by molar-refractivity contribution is -0.116. The van der Waals surface area contributed by atoms with Gasteiger partial charge in [0.25, 0.3) is 10.0 Å². The first-order chi connectivity index (χ1) is 11.8. The van der Waals surface area contributed by atoms with Crippen molar-refractivity contribution in [2.45, 2.75) is 17.1 Å². The predicted molar refractivity (Wildman–Crippen MR) is 100 cm³/mol. The maximum atomic E-state index is 12.3. The summed E-state index contributed by atoms with van der Waals surface area (Å²) in [5.41, 5.74) is 0.486. The number of ether oxygens (including phenoxy) is 1. The van der Waals surface area contributed by atoms with Crippen molar-refractivity contribution in [3.05, 3.63) is 40.7 Å². The Hall–Kier alpha value is -1.61. The minimum absolute atomic E-state index is 0.181. The Morgan fingerprint density at radius 1 is 1.36 bits per heavy atom. The van der Waals surface area contributed by atoms with Crippen LogP contribution >= 0.6 is 22.9 Å². The monoisotopic (exact) mass is 402 g/mol. The van der Waals surface area contributed by atoms with E-state index in [-0.39, 0.29) is 18.9 Å². The summed E-state index contributed by atoms with van der Waals surface area (Å²) in [6.07, 6.45) is 0.579. The Balaban J connectivity index is 1.88. The van der Waals surface area contributed by atoms with Crippen molar-refractivity contribution in [1.82, 2.24) is 4.31 Å². The smallest absolute Gasteiger partial charge is 0.252 e. The first-order valence-electron chi connectivity index (χ1n) is 7.48. The molecule has 0 unspecified atom stereocenters. The molecule has 0 bridgehead atoms. The minimum atomic E-state index is -3.49. The molecule has 0 radical (unpaired) electrons. The van der Waals surface area contributed by atoms with E-state index in [2.05, 4.69) is 5.32 Å². The van der Waals surface area contributed by atoms with E-state index in [1.807, 2.05) is 0 Å². The number of nitrogens with one attached hydrogen (secondary N) is 1. The molecule has 0 fully saturated rings. The van der Waals surface area contributed by atoms with Gasteiger partial charge in [0.1, 0.15) is 9.96 Å². The third-order valence-electron chi connectivity index (χ3n) is 3.47. The van der Waals surface area contributed by atoms with Gasteiger partial charge in [0.15, 0.2) is 0 Å². The lowest BCUT2D eigenvalue weighted by atomic mass is 10.2. The first kappa shape index (κ1) is 19.7. The number of sulfonamides is 1. The molecule has 25 heavy (non-hydrogen) atoms. The van der Waals surface area contributed by atoms with Gasteiger partial charge in [-0.05, 0) is 36.1 Å². The zero-order chi connectivity index (χ0) is 18.4. The van der Waals surface area contributed by atoms with Gasteiger partial charge in [-0.15, -0.1) is 11.3 Å². The molecule has 136 valence electrons. The fourth-order valence-electron chi connectivity index (χ4n) is 2.14. The van der Waals surface area contributed by atoms with E-state index >= 15 is 0 Å². The molecule has 1 amide bonds. The number of methoxy groups -OCH3 is 1. The molecular formula is C16H19ClN2O4S2. The zero-order valence-corrected chi connectivity index (χ0v) is 16.2. The normalized spacial score (nSPS) is 11.5. The fourth-order valence-corrected chi connectivity index (χ4v) is 4.72. The van der Waals surface area contributed by atoms with Crippen molar-refractivity contribution in [1.29, 1.82) is 0 Å². The zero-order valence-electron chi connectivity index (χ0n) is 13.9. The summed E-state index contributed by atoms with van der Waals surface area (Å²) < 4.78 is 31.3. The Morgan fingerprint density at radius 3 is 2.76 bits per heavy atom. The molecule has 0 saturated heterocycles. The number of thiophene rings is 1. The van der Waals surface area contributed by atoms with Crippen LogP contribution in [0.25, 0.3) is 0 Å². The van der Waals surface area contributed by atoms with Crippen LogP contribution in [0.2, 0.25) is 5.02 Å². The van der Waals surface area contributed by atoms with Crippen LogP contribution in [0.5, 0.6) is 5.75 Å². The van der Waals surface area contributed by atoms with Crippen LogP contribution in [0.15, 0.2) is 39.9 Å². The van der Waals surface area contributed by atoms with Crippen LogP contribution in [0.1, 0.15) is 12.8 Å². The molecule has 0 aliphatic rings. The molecule has 0 spiro atoms. The van der Waals surface area contributed by atoms with Gasteiger partial charge in [0.05, 0.1) is 12.8 Å². The highest BCUT2D eigenvalue weighted by Gasteiger charge is 2.21. The minimum Gasteiger partial charge on any atom is -0.495 e. The molecule has 1 aromatic heterocycles. The van der Waals surface area contributed by atoms with Crippen molar-refractivity contribution in [3.63, 3.8) is 0 Å². The molecular weight excluding hydrogens is 384 g/mol. The maximum Gasteiger partial charge on any atom is 0.252 e. The maximum absolute atomic E-state index is 12.3. The third-order valence-corrected chi connectivity index (χ3v) is 6.94. The van der Waals surface area contributed by atoms with Crippen molar-refractivity contribution in [2.24, 2.45) is 0 Å². The van der Waals surface area contributed by atoms with Gasteiger partial charge in [0.2, 0.25) is 5.91 Å². The summed E-state index contributed by atoms with van der Waals surface area (Å²) in [5, 5.41) is 4.93. The average Bonchev–Trinajstić information content (AvgIpc) is 3.10. The Bertz CT molecular complexity index is 823. The highest BCUT2D eigenvalue weighted by atomic mass is 35.5. The van der Waals surface area contributed by atoms with Gasteiger partial charge in [-0.2, -0.15) is 0 Å². The molecule has 6 nitrogen and oxygen atoms in total. The molecule has 2 rings (SSSR count). The highest BCUT2D eigenvalue weighted by molar-refractivity contribution is 7.91.